The van der Waals surface area contributed by atoms with E-state index in [2.05, 4.69) is 15.3 Å². The molecule has 4 aromatic rings. The maximum Gasteiger partial charge on any atom is 0.344 e. The number of nitrogens with one attached hydrogen (secondary N) is 1. The fourth-order valence-electron chi connectivity index (χ4n) is 3.73. The van der Waals surface area contributed by atoms with Gasteiger partial charge in [0.2, 0.25) is 5.88 Å². The van der Waals surface area contributed by atoms with Crippen molar-refractivity contribution in [3.8, 4) is 11.6 Å². The molecule has 0 saturated heterocycles. The van der Waals surface area contributed by atoms with Crippen LogP contribution in [0.15, 0.2) is 85.3 Å². The first-order valence-corrected chi connectivity index (χ1v) is 10.8. The number of aromatic nitrogens is 2. The number of ketones is 2. The minimum absolute atomic E-state index is 0.00839. The standard InChI is InChI=1S/C27H17N3O6/c31-23(15-35-27(34)21-8-4-12-29-26(21)36-17-5-3-11-28-14-17)30-16-9-10-20-22(13-16)25(33)19-7-2-1-6-18(19)24(20)32/h1-14H,15H2,(H,30,31). The van der Waals surface area contributed by atoms with Crippen molar-refractivity contribution in [3.63, 3.8) is 0 Å². The lowest BCUT2D eigenvalue weighted by atomic mass is 9.84. The molecule has 1 amide bonds. The summed E-state index contributed by atoms with van der Waals surface area (Å²) in [5.74, 6) is -1.61. The van der Waals surface area contributed by atoms with Crippen LogP contribution in [0, 0.1) is 0 Å². The second kappa shape index (κ2) is 9.59. The van der Waals surface area contributed by atoms with Gasteiger partial charge in [-0.2, -0.15) is 0 Å². The minimum atomic E-state index is -0.806. The van der Waals surface area contributed by atoms with Crippen molar-refractivity contribution in [1.29, 1.82) is 0 Å². The quantitative estimate of drug-likeness (QED) is 0.364. The molecule has 2 heterocycles. The highest BCUT2D eigenvalue weighted by molar-refractivity contribution is 6.28. The van der Waals surface area contributed by atoms with Gasteiger partial charge in [-0.05, 0) is 42.5 Å². The van der Waals surface area contributed by atoms with E-state index in [0.29, 0.717) is 16.9 Å². The number of pyridine rings is 2. The number of esters is 1. The molecule has 0 spiro atoms. The molecule has 1 aliphatic carbocycles. The predicted octanol–water partition coefficient (Wildman–Crippen LogP) is 3.84. The summed E-state index contributed by atoms with van der Waals surface area (Å²) in [5, 5.41) is 2.58. The number of fused-ring (bicyclic) bond motifs is 2. The van der Waals surface area contributed by atoms with E-state index in [1.165, 1.54) is 42.7 Å². The van der Waals surface area contributed by atoms with E-state index in [4.69, 9.17) is 9.47 Å². The third-order valence-corrected chi connectivity index (χ3v) is 5.38. The molecule has 1 N–H and O–H groups in total. The fourth-order valence-corrected chi connectivity index (χ4v) is 3.73. The summed E-state index contributed by atoms with van der Waals surface area (Å²) in [6.07, 6.45) is 4.50. The second-order valence-electron chi connectivity index (χ2n) is 7.74. The molecule has 5 rings (SSSR count). The number of hydrogen-bond donors (Lipinski definition) is 1. The lowest BCUT2D eigenvalue weighted by molar-refractivity contribution is -0.119. The molecule has 0 bridgehead atoms. The summed E-state index contributed by atoms with van der Waals surface area (Å²) in [7, 11) is 0. The smallest absolute Gasteiger partial charge is 0.344 e. The summed E-state index contributed by atoms with van der Waals surface area (Å²) in [6, 6.07) is 17.3. The van der Waals surface area contributed by atoms with Crippen molar-refractivity contribution in [2.24, 2.45) is 0 Å². The molecular weight excluding hydrogens is 462 g/mol. The van der Waals surface area contributed by atoms with Crippen molar-refractivity contribution in [2.75, 3.05) is 11.9 Å². The van der Waals surface area contributed by atoms with Gasteiger partial charge < -0.3 is 14.8 Å². The molecule has 0 radical (unpaired) electrons. The van der Waals surface area contributed by atoms with E-state index < -0.39 is 18.5 Å². The highest BCUT2D eigenvalue weighted by Crippen LogP contribution is 2.29. The molecule has 2 aromatic heterocycles. The Morgan fingerprint density at radius 3 is 2.28 bits per heavy atom. The molecule has 0 saturated carbocycles. The summed E-state index contributed by atoms with van der Waals surface area (Å²) in [5.41, 5.74) is 1.44. The maximum absolute atomic E-state index is 12.9. The molecule has 0 aliphatic heterocycles. The normalized spacial score (nSPS) is 11.8. The lowest BCUT2D eigenvalue weighted by Gasteiger charge is -2.18. The Labute approximate surface area is 204 Å². The van der Waals surface area contributed by atoms with Gasteiger partial charge in [-0.3, -0.25) is 19.4 Å². The average Bonchev–Trinajstić information content (AvgIpc) is 2.91. The number of benzene rings is 2. The summed E-state index contributed by atoms with van der Waals surface area (Å²) < 4.78 is 10.7. The van der Waals surface area contributed by atoms with Gasteiger partial charge in [0, 0.05) is 40.3 Å². The maximum atomic E-state index is 12.9. The van der Waals surface area contributed by atoms with Crippen LogP contribution in [0.25, 0.3) is 0 Å². The Hall–Kier alpha value is -5.18. The highest BCUT2D eigenvalue weighted by atomic mass is 16.5. The predicted molar refractivity (Wildman–Crippen MR) is 127 cm³/mol. The van der Waals surface area contributed by atoms with Gasteiger partial charge >= 0.3 is 5.97 Å². The number of nitrogens with zero attached hydrogens (tertiary/aromatic N) is 2. The Bertz CT molecular complexity index is 1520. The molecule has 1 aliphatic rings. The molecular formula is C27H17N3O6. The van der Waals surface area contributed by atoms with Gasteiger partial charge in [0.1, 0.15) is 11.3 Å². The number of ether oxygens (including phenoxy) is 2. The Morgan fingerprint density at radius 1 is 0.806 bits per heavy atom. The van der Waals surface area contributed by atoms with Crippen LogP contribution in [0.2, 0.25) is 0 Å². The minimum Gasteiger partial charge on any atom is -0.452 e. The van der Waals surface area contributed by atoms with Crippen LogP contribution < -0.4 is 10.1 Å². The van der Waals surface area contributed by atoms with E-state index in [1.807, 2.05) is 0 Å². The molecule has 0 unspecified atom stereocenters. The summed E-state index contributed by atoms with van der Waals surface area (Å²) in [6.45, 7) is -0.590. The van der Waals surface area contributed by atoms with Crippen LogP contribution >= 0.6 is 0 Å². The van der Waals surface area contributed by atoms with Crippen molar-refractivity contribution in [2.45, 2.75) is 0 Å². The first-order valence-electron chi connectivity index (χ1n) is 10.8. The molecule has 0 atom stereocenters. The van der Waals surface area contributed by atoms with Crippen LogP contribution in [-0.2, 0) is 9.53 Å². The van der Waals surface area contributed by atoms with Gasteiger partial charge in [-0.25, -0.2) is 9.78 Å². The molecule has 0 fully saturated rings. The average molecular weight is 479 g/mol. The van der Waals surface area contributed by atoms with Crippen molar-refractivity contribution in [3.05, 3.63) is 113 Å². The van der Waals surface area contributed by atoms with Gasteiger partial charge in [0.15, 0.2) is 18.2 Å². The van der Waals surface area contributed by atoms with E-state index >= 15 is 0 Å². The number of anilines is 1. The van der Waals surface area contributed by atoms with Crippen molar-refractivity contribution < 1.29 is 28.7 Å². The number of hydrogen-bond acceptors (Lipinski definition) is 8. The second-order valence-corrected chi connectivity index (χ2v) is 7.74. The zero-order valence-electron chi connectivity index (χ0n) is 18.6. The number of rotatable bonds is 6. The zero-order chi connectivity index (χ0) is 25.1. The van der Waals surface area contributed by atoms with Crippen LogP contribution in [-0.4, -0.2) is 40.0 Å². The molecule has 36 heavy (non-hydrogen) atoms. The summed E-state index contributed by atoms with van der Waals surface area (Å²) >= 11 is 0. The van der Waals surface area contributed by atoms with E-state index in [9.17, 15) is 19.2 Å². The van der Waals surface area contributed by atoms with Gasteiger partial charge in [-0.15, -0.1) is 0 Å². The fraction of sp³-hybridized carbons (Fsp3) is 0.0370. The van der Waals surface area contributed by atoms with Gasteiger partial charge in [0.25, 0.3) is 5.91 Å². The first kappa shape index (κ1) is 22.6. The number of carbonyl (C=O) groups excluding carboxylic acids is 4. The first-order chi connectivity index (χ1) is 17.5. The number of amides is 1. The highest BCUT2D eigenvalue weighted by Gasteiger charge is 2.29. The lowest BCUT2D eigenvalue weighted by Crippen LogP contribution is -2.23. The Morgan fingerprint density at radius 2 is 1.53 bits per heavy atom. The largest absolute Gasteiger partial charge is 0.452 e. The summed E-state index contributed by atoms with van der Waals surface area (Å²) in [4.78, 5) is 58.6. The van der Waals surface area contributed by atoms with E-state index in [1.54, 1.807) is 42.6 Å². The van der Waals surface area contributed by atoms with Crippen molar-refractivity contribution in [1.82, 2.24) is 9.97 Å². The van der Waals surface area contributed by atoms with Crippen molar-refractivity contribution >= 4 is 29.1 Å². The number of carbonyl (C=O) groups is 4. The van der Waals surface area contributed by atoms with Crippen LogP contribution in [0.1, 0.15) is 42.2 Å². The Balaban J connectivity index is 1.25. The third-order valence-electron chi connectivity index (χ3n) is 5.38. The van der Waals surface area contributed by atoms with E-state index in [0.717, 1.165) is 0 Å². The van der Waals surface area contributed by atoms with Crippen LogP contribution in [0.3, 0.4) is 0 Å². The molecule has 9 heteroatoms. The monoisotopic (exact) mass is 479 g/mol. The Kier molecular flexibility index (Phi) is 6.02. The molecule has 176 valence electrons. The van der Waals surface area contributed by atoms with Crippen LogP contribution in [0.4, 0.5) is 5.69 Å². The molecule has 2 aromatic carbocycles. The topological polar surface area (TPSA) is 125 Å². The third kappa shape index (κ3) is 4.45. The zero-order valence-corrected chi connectivity index (χ0v) is 18.6. The SMILES string of the molecule is O=C(COC(=O)c1cccnc1Oc1cccnc1)Nc1ccc2c(c1)C(=O)c1ccccc1C2=O. The van der Waals surface area contributed by atoms with Gasteiger partial charge in [-0.1, -0.05) is 24.3 Å². The van der Waals surface area contributed by atoms with Crippen LogP contribution in [0.5, 0.6) is 11.6 Å². The molecule has 9 nitrogen and oxygen atoms in total. The van der Waals surface area contributed by atoms with E-state index in [-0.39, 0.29) is 39.8 Å². The van der Waals surface area contributed by atoms with Gasteiger partial charge in [0.05, 0.1) is 6.20 Å².